The van der Waals surface area contributed by atoms with E-state index in [1.54, 1.807) is 0 Å². The van der Waals surface area contributed by atoms with Gasteiger partial charge in [0.15, 0.2) is 0 Å². The van der Waals surface area contributed by atoms with Crippen molar-refractivity contribution in [2.45, 2.75) is 0 Å². The van der Waals surface area contributed by atoms with Crippen molar-refractivity contribution in [2.24, 2.45) is 0 Å². The number of hydrogen-bond acceptors (Lipinski definition) is 3. The normalized spacial score (nSPS) is 5.67. The van der Waals surface area contributed by atoms with Crippen LogP contribution in [0.2, 0.25) is 0 Å². The Morgan fingerprint density at radius 1 is 0.750 bits per heavy atom. The molecule has 0 aromatic heterocycles. The second kappa shape index (κ2) is 22.5. The summed E-state index contributed by atoms with van der Waals surface area (Å²) in [5.74, 6) is 0. The zero-order chi connectivity index (χ0) is 8.95. The van der Waals surface area contributed by atoms with Crippen LogP contribution in [0.3, 0.4) is 0 Å². The molecule has 12 heavy (non-hydrogen) atoms. The van der Waals surface area contributed by atoms with E-state index in [4.69, 9.17) is 10.8 Å². The van der Waals surface area contributed by atoms with Gasteiger partial charge >= 0.3 is 0 Å². The molecule has 0 atom stereocenters. The molecule has 0 spiro atoms. The van der Waals surface area contributed by atoms with Crippen LogP contribution in [-0.2, 0) is 0 Å². The van der Waals surface area contributed by atoms with Crippen LogP contribution >= 0.6 is 12.4 Å². The van der Waals surface area contributed by atoms with Crippen molar-refractivity contribution >= 4 is 12.4 Å². The summed E-state index contributed by atoms with van der Waals surface area (Å²) >= 11 is 0. The lowest BCUT2D eigenvalue weighted by Crippen LogP contribution is -1.89. The number of nitrogens with zero attached hydrogens (tertiary/aromatic N) is 2. The average molecular weight is 188 g/mol. The van der Waals surface area contributed by atoms with E-state index in [0.29, 0.717) is 0 Å². The van der Waals surface area contributed by atoms with Gasteiger partial charge in [0.05, 0.1) is 0 Å². The van der Waals surface area contributed by atoms with Gasteiger partial charge in [-0.15, -0.1) is 12.4 Å². The molecule has 4 heteroatoms. The van der Waals surface area contributed by atoms with Gasteiger partial charge in [-0.1, -0.05) is 36.4 Å². The molecular weight excluding hydrogens is 174 g/mol. The van der Waals surface area contributed by atoms with Crippen LogP contribution in [0.5, 0.6) is 0 Å². The first-order chi connectivity index (χ1) is 5.41. The predicted octanol–water partition coefficient (Wildman–Crippen LogP) is 1.97. The first kappa shape index (κ1) is 17.1. The van der Waals surface area contributed by atoms with Gasteiger partial charge in [0.2, 0.25) is 0 Å². The van der Waals surface area contributed by atoms with Gasteiger partial charge in [0.1, 0.15) is 0 Å². The van der Waals surface area contributed by atoms with E-state index in [2.05, 4.69) is 5.32 Å². The molecular formula is C8H14ClN3. The third-order valence-corrected chi connectivity index (χ3v) is 0.667. The van der Waals surface area contributed by atoms with Gasteiger partial charge in [-0.2, -0.15) is 0 Å². The summed E-state index contributed by atoms with van der Waals surface area (Å²) in [5.41, 5.74) is 0. The number of rotatable bonds is 0. The lowest BCUT2D eigenvalue weighted by Gasteiger charge is -1.69. The van der Waals surface area contributed by atoms with E-state index in [0.717, 1.165) is 0 Å². The van der Waals surface area contributed by atoms with Crippen molar-refractivity contribution in [3.05, 3.63) is 36.4 Å². The number of benzene rings is 1. The molecule has 1 aromatic carbocycles. The summed E-state index contributed by atoms with van der Waals surface area (Å²) in [6.45, 7) is 0. The standard InChI is InChI=1S/C6H6.C2H7N.ClH.N2/c1-2-4-6-5-3-1;1-3-2;;1-2/h1-6H;3H,1-2H3;1H;. The Balaban J connectivity index is -0.000000119. The Bertz CT molecular complexity index is 126. The minimum absolute atomic E-state index is 0. The summed E-state index contributed by atoms with van der Waals surface area (Å²) < 4.78 is 0. The summed E-state index contributed by atoms with van der Waals surface area (Å²) in [4.78, 5) is 0. The molecule has 0 aliphatic heterocycles. The van der Waals surface area contributed by atoms with E-state index in [-0.39, 0.29) is 12.4 Å². The van der Waals surface area contributed by atoms with Crippen LogP contribution < -0.4 is 5.32 Å². The van der Waals surface area contributed by atoms with Crippen molar-refractivity contribution in [3.8, 4) is 0 Å². The highest BCUT2D eigenvalue weighted by Gasteiger charge is 1.57. The largest absolute Gasteiger partial charge is 0.323 e. The topological polar surface area (TPSA) is 59.6 Å². The molecule has 0 saturated carbocycles. The number of hydrogen-bond donors (Lipinski definition) is 1. The number of nitrogens with one attached hydrogen (secondary N) is 1. The fraction of sp³-hybridized carbons (Fsp3) is 0.250. The quantitative estimate of drug-likeness (QED) is 0.632. The predicted molar refractivity (Wildman–Crippen MR) is 52.1 cm³/mol. The van der Waals surface area contributed by atoms with Gasteiger partial charge in [-0.25, -0.2) is 0 Å². The molecule has 0 bridgehead atoms. The molecule has 0 fully saturated rings. The summed E-state index contributed by atoms with van der Waals surface area (Å²) in [6.07, 6.45) is 0. The van der Waals surface area contributed by atoms with E-state index in [1.807, 2.05) is 50.5 Å². The minimum atomic E-state index is 0. The second-order valence-corrected chi connectivity index (χ2v) is 1.65. The maximum absolute atomic E-state index is 6.00. The van der Waals surface area contributed by atoms with E-state index in [1.165, 1.54) is 0 Å². The Hall–Kier alpha value is -1.11. The molecule has 3 nitrogen and oxygen atoms in total. The molecule has 0 aliphatic rings. The Morgan fingerprint density at radius 2 is 0.833 bits per heavy atom. The second-order valence-electron chi connectivity index (χ2n) is 1.65. The van der Waals surface area contributed by atoms with Crippen LogP contribution in [0.15, 0.2) is 36.4 Å². The van der Waals surface area contributed by atoms with E-state index < -0.39 is 0 Å². The molecule has 0 amide bonds. The minimum Gasteiger partial charge on any atom is -0.323 e. The van der Waals surface area contributed by atoms with Crippen LogP contribution in [0.1, 0.15) is 0 Å². The summed E-state index contributed by atoms with van der Waals surface area (Å²) in [7, 11) is 3.75. The average Bonchev–Trinajstić information content (AvgIpc) is 2.12. The fourth-order valence-electron chi connectivity index (χ4n) is 0.385. The first-order valence-electron chi connectivity index (χ1n) is 3.20. The fourth-order valence-corrected chi connectivity index (χ4v) is 0.385. The lowest BCUT2D eigenvalue weighted by atomic mass is 10.4. The molecule has 1 aromatic rings. The third kappa shape index (κ3) is 23.1. The first-order valence-corrected chi connectivity index (χ1v) is 3.20. The molecule has 0 saturated heterocycles. The molecule has 0 heterocycles. The molecule has 1 rings (SSSR count). The summed E-state index contributed by atoms with van der Waals surface area (Å²) in [5, 5.41) is 14.8. The van der Waals surface area contributed by atoms with Crippen molar-refractivity contribution in [2.75, 3.05) is 14.1 Å². The molecule has 1 N–H and O–H groups in total. The van der Waals surface area contributed by atoms with Gasteiger partial charge in [-0.3, -0.25) is 0 Å². The van der Waals surface area contributed by atoms with E-state index in [9.17, 15) is 0 Å². The SMILES string of the molecule is CNC.Cl.N#N.c1ccccc1. The van der Waals surface area contributed by atoms with Gasteiger partial charge in [-0.05, 0) is 14.1 Å². The monoisotopic (exact) mass is 187 g/mol. The molecule has 0 radical (unpaired) electrons. The Morgan fingerprint density at radius 3 is 0.917 bits per heavy atom. The maximum Gasteiger partial charge on any atom is 0 e. The molecule has 0 aliphatic carbocycles. The van der Waals surface area contributed by atoms with E-state index >= 15 is 0 Å². The summed E-state index contributed by atoms with van der Waals surface area (Å²) in [6, 6.07) is 12.0. The van der Waals surface area contributed by atoms with Crippen LogP contribution in [-0.4, -0.2) is 14.1 Å². The Labute approximate surface area is 79.6 Å². The Kier molecular flexibility index (Phi) is 32.1. The third-order valence-electron chi connectivity index (χ3n) is 0.667. The molecule has 68 valence electrons. The van der Waals surface area contributed by atoms with Gasteiger partial charge in [0, 0.05) is 10.8 Å². The van der Waals surface area contributed by atoms with Crippen LogP contribution in [0.25, 0.3) is 0 Å². The van der Waals surface area contributed by atoms with Crippen molar-refractivity contribution < 1.29 is 0 Å². The van der Waals surface area contributed by atoms with Crippen LogP contribution in [0, 0.1) is 10.8 Å². The van der Waals surface area contributed by atoms with Crippen molar-refractivity contribution in [3.63, 3.8) is 0 Å². The number of halogens is 1. The van der Waals surface area contributed by atoms with Crippen molar-refractivity contribution in [1.29, 1.82) is 10.8 Å². The van der Waals surface area contributed by atoms with Gasteiger partial charge < -0.3 is 5.32 Å². The highest BCUT2D eigenvalue weighted by atomic mass is 35.5. The zero-order valence-electron chi connectivity index (χ0n) is 7.27. The smallest absolute Gasteiger partial charge is 0 e. The lowest BCUT2D eigenvalue weighted by molar-refractivity contribution is 1.02. The van der Waals surface area contributed by atoms with Crippen molar-refractivity contribution in [1.82, 2.24) is 5.32 Å². The maximum atomic E-state index is 6.00. The zero-order valence-corrected chi connectivity index (χ0v) is 8.08. The van der Waals surface area contributed by atoms with Crippen LogP contribution in [0.4, 0.5) is 0 Å². The molecule has 0 unspecified atom stereocenters. The van der Waals surface area contributed by atoms with Gasteiger partial charge in [0.25, 0.3) is 0 Å². The highest BCUT2D eigenvalue weighted by Crippen LogP contribution is 1.79. The highest BCUT2D eigenvalue weighted by molar-refractivity contribution is 5.85.